The fourth-order valence-corrected chi connectivity index (χ4v) is 11.4. The first-order valence-electron chi connectivity index (χ1n) is 22.7. The zero-order chi connectivity index (χ0) is 40.9. The highest BCUT2D eigenvalue weighted by molar-refractivity contribution is 6.23. The molecule has 5 aliphatic heterocycles. The highest BCUT2D eigenvalue weighted by Gasteiger charge is 2.48. The van der Waals surface area contributed by atoms with E-state index in [4.69, 9.17) is 9.84 Å². The summed E-state index contributed by atoms with van der Waals surface area (Å²) in [5.74, 6) is -0.463. The summed E-state index contributed by atoms with van der Waals surface area (Å²) in [5.41, 5.74) is 6.30. The van der Waals surface area contributed by atoms with Gasteiger partial charge in [0.25, 0.3) is 11.8 Å². The van der Waals surface area contributed by atoms with E-state index in [1.807, 2.05) is 18.3 Å². The number of ether oxygens (including phenoxy) is 1. The number of imide groups is 2. The number of rotatable bonds is 8. The van der Waals surface area contributed by atoms with E-state index in [0.29, 0.717) is 23.2 Å². The van der Waals surface area contributed by atoms with Crippen molar-refractivity contribution in [2.24, 2.45) is 11.3 Å². The molecule has 1 aromatic heterocycles. The van der Waals surface area contributed by atoms with Gasteiger partial charge in [-0.05, 0) is 127 Å². The Morgan fingerprint density at radius 2 is 1.57 bits per heavy atom. The van der Waals surface area contributed by atoms with Crippen LogP contribution in [0.5, 0.6) is 5.75 Å². The number of hydrogen-bond donors (Lipinski definition) is 1. The first-order chi connectivity index (χ1) is 29.1. The van der Waals surface area contributed by atoms with Gasteiger partial charge in [-0.25, -0.2) is 0 Å². The largest absolute Gasteiger partial charge is 0.489 e. The van der Waals surface area contributed by atoms with Crippen LogP contribution >= 0.6 is 0 Å². The van der Waals surface area contributed by atoms with Crippen LogP contribution in [0.2, 0.25) is 0 Å². The van der Waals surface area contributed by atoms with E-state index in [0.717, 1.165) is 111 Å². The number of carbonyl (C=O) groups is 5. The van der Waals surface area contributed by atoms with Crippen molar-refractivity contribution in [2.75, 3.05) is 36.0 Å². The number of anilines is 2. The summed E-state index contributed by atoms with van der Waals surface area (Å²) in [7, 11) is 0. The predicted molar refractivity (Wildman–Crippen MR) is 224 cm³/mol. The van der Waals surface area contributed by atoms with Gasteiger partial charge in [-0.3, -0.25) is 38.9 Å². The molecule has 13 heteroatoms. The lowest BCUT2D eigenvalue weighted by Gasteiger charge is -2.55. The van der Waals surface area contributed by atoms with Gasteiger partial charge >= 0.3 is 0 Å². The molecular weight excluding hydrogens is 759 g/mol. The van der Waals surface area contributed by atoms with Gasteiger partial charge in [0.2, 0.25) is 17.7 Å². The molecule has 2 aromatic carbocycles. The number of nitrogens with one attached hydrogen (secondary N) is 1. The summed E-state index contributed by atoms with van der Waals surface area (Å²) in [6.45, 7) is 6.20. The van der Waals surface area contributed by atoms with Crippen LogP contribution in [0.1, 0.15) is 129 Å². The van der Waals surface area contributed by atoms with E-state index in [2.05, 4.69) is 50.0 Å². The number of aromatic nitrogens is 2. The third-order valence-electron chi connectivity index (χ3n) is 15.4. The molecule has 1 spiro atoms. The van der Waals surface area contributed by atoms with Crippen LogP contribution in [-0.4, -0.2) is 99.5 Å². The minimum Gasteiger partial charge on any atom is -0.489 e. The van der Waals surface area contributed by atoms with E-state index >= 15 is 0 Å². The van der Waals surface area contributed by atoms with Gasteiger partial charge in [0.05, 0.1) is 35.2 Å². The molecule has 3 saturated carbocycles. The lowest BCUT2D eigenvalue weighted by Crippen LogP contribution is -2.59. The van der Waals surface area contributed by atoms with Crippen LogP contribution in [0.4, 0.5) is 11.4 Å². The molecule has 11 rings (SSSR count). The van der Waals surface area contributed by atoms with Crippen LogP contribution in [0.15, 0.2) is 42.7 Å². The highest BCUT2D eigenvalue weighted by Crippen LogP contribution is 2.49. The maximum absolute atomic E-state index is 13.4. The summed E-state index contributed by atoms with van der Waals surface area (Å²) in [4.78, 5) is 72.3. The van der Waals surface area contributed by atoms with E-state index < -0.39 is 23.8 Å². The van der Waals surface area contributed by atoms with E-state index in [1.54, 1.807) is 6.07 Å². The molecule has 0 bridgehead atoms. The zero-order valence-corrected chi connectivity index (χ0v) is 34.6. The number of hydrogen-bond acceptors (Lipinski definition) is 9. The number of carbonyl (C=O) groups excluding carboxylic acids is 5. The maximum atomic E-state index is 13.4. The molecule has 6 fully saturated rings. The van der Waals surface area contributed by atoms with Crippen LogP contribution < -0.4 is 19.9 Å². The molecular formula is C47H55N7O6. The quantitative estimate of drug-likeness (QED) is 0.270. The monoisotopic (exact) mass is 813 g/mol. The third kappa shape index (κ3) is 6.44. The Bertz CT molecular complexity index is 2270. The third-order valence-corrected chi connectivity index (χ3v) is 15.4. The first kappa shape index (κ1) is 37.9. The molecule has 0 radical (unpaired) electrons. The van der Waals surface area contributed by atoms with Gasteiger partial charge < -0.3 is 19.4 Å². The van der Waals surface area contributed by atoms with Crippen LogP contribution in [0, 0.1) is 11.3 Å². The Balaban J connectivity index is 0.701. The second-order valence-electron chi connectivity index (χ2n) is 19.2. The standard InChI is InChI=1S/C47H55N7O6/c1-28-5-9-37-39(53(28)44(57)29-6-7-29)12-11-35(42(37)60-34-3-2-4-34)30-24-48-52(25-30)32-17-21-50(22-18-32)31-15-19-47(20-16-31)26-51(27-47)33-8-10-36-38(23-33)46(59)54(45(36)58)40-13-14-41(55)49-43(40)56/h8,10-12,23-25,28-29,31-32,34,40H,2-7,9,13-22,26-27H2,1H3,(H,49,55,56)/t28-,40?/m0/s1. The summed E-state index contributed by atoms with van der Waals surface area (Å²) in [6.07, 6.45) is 18.9. The Kier molecular flexibility index (Phi) is 9.20. The van der Waals surface area contributed by atoms with Crippen LogP contribution in [-0.2, 0) is 20.8 Å². The van der Waals surface area contributed by atoms with Crippen molar-refractivity contribution in [2.45, 2.75) is 134 Å². The molecule has 314 valence electrons. The Morgan fingerprint density at radius 3 is 2.28 bits per heavy atom. The summed E-state index contributed by atoms with van der Waals surface area (Å²) >= 11 is 0. The predicted octanol–water partition coefficient (Wildman–Crippen LogP) is 6.05. The van der Waals surface area contributed by atoms with E-state index in [1.165, 1.54) is 37.7 Å². The van der Waals surface area contributed by atoms with Gasteiger partial charge in [-0.15, -0.1) is 0 Å². The Labute approximate surface area is 350 Å². The van der Waals surface area contributed by atoms with Gasteiger partial charge in [0.15, 0.2) is 0 Å². The number of fused-ring (bicyclic) bond motifs is 2. The molecule has 8 aliphatic rings. The maximum Gasteiger partial charge on any atom is 0.262 e. The molecule has 3 aliphatic carbocycles. The number of amides is 5. The fourth-order valence-electron chi connectivity index (χ4n) is 11.4. The van der Waals surface area contributed by atoms with Crippen molar-refractivity contribution in [3.63, 3.8) is 0 Å². The second kappa shape index (κ2) is 14.6. The Morgan fingerprint density at radius 1 is 0.817 bits per heavy atom. The number of benzene rings is 2. The number of piperidine rings is 2. The van der Waals surface area contributed by atoms with Gasteiger partial charge in [0, 0.05) is 84.6 Å². The number of nitrogens with zero attached hydrogens (tertiary/aromatic N) is 6. The fraction of sp³-hybridized carbons (Fsp3) is 0.574. The second-order valence-corrected chi connectivity index (χ2v) is 19.2. The van der Waals surface area contributed by atoms with E-state index in [-0.39, 0.29) is 48.1 Å². The van der Waals surface area contributed by atoms with Crippen molar-refractivity contribution in [1.29, 1.82) is 0 Å². The summed E-state index contributed by atoms with van der Waals surface area (Å²) in [6, 6.07) is 9.99. The molecule has 6 heterocycles. The van der Waals surface area contributed by atoms with Crippen LogP contribution in [0.3, 0.4) is 0 Å². The normalized spacial score (nSPS) is 26.2. The molecule has 60 heavy (non-hydrogen) atoms. The summed E-state index contributed by atoms with van der Waals surface area (Å²) in [5, 5.41) is 7.21. The average Bonchev–Trinajstić information content (AvgIpc) is 3.92. The van der Waals surface area contributed by atoms with Crippen molar-refractivity contribution < 1.29 is 28.7 Å². The van der Waals surface area contributed by atoms with Gasteiger partial charge in [-0.2, -0.15) is 5.10 Å². The van der Waals surface area contributed by atoms with Crippen molar-refractivity contribution in [1.82, 2.24) is 24.9 Å². The van der Waals surface area contributed by atoms with Crippen molar-refractivity contribution >= 4 is 40.9 Å². The molecule has 13 nitrogen and oxygen atoms in total. The molecule has 3 saturated heterocycles. The van der Waals surface area contributed by atoms with Crippen LogP contribution in [0.25, 0.3) is 11.1 Å². The van der Waals surface area contributed by atoms with Crippen molar-refractivity contribution in [3.8, 4) is 16.9 Å². The molecule has 1 N–H and O–H groups in total. The van der Waals surface area contributed by atoms with Gasteiger partial charge in [-0.1, -0.05) is 0 Å². The zero-order valence-electron chi connectivity index (χ0n) is 34.6. The molecule has 1 unspecified atom stereocenters. The van der Waals surface area contributed by atoms with Gasteiger partial charge in [0.1, 0.15) is 11.8 Å². The minimum atomic E-state index is -0.955. The topological polar surface area (TPSA) is 137 Å². The average molecular weight is 814 g/mol. The summed E-state index contributed by atoms with van der Waals surface area (Å²) < 4.78 is 8.98. The smallest absolute Gasteiger partial charge is 0.262 e. The SMILES string of the molecule is C[C@H]1CCc2c(ccc(-c3cnn(C4CCN(C5CCC6(CC5)CN(c5ccc7c(c5)C(=O)N(C5CCC(=O)NC5=O)C7=O)C6)CC4)c3)c2OC2CCC2)N1C(=O)C1CC1. The number of likely N-dealkylation sites (tertiary alicyclic amines) is 1. The lowest BCUT2D eigenvalue weighted by atomic mass is 9.67. The Hall–Kier alpha value is -5.04. The lowest BCUT2D eigenvalue weighted by molar-refractivity contribution is -0.136. The van der Waals surface area contributed by atoms with Crippen molar-refractivity contribution in [3.05, 3.63) is 59.4 Å². The first-order valence-corrected chi connectivity index (χ1v) is 22.7. The molecule has 5 amide bonds. The van der Waals surface area contributed by atoms with E-state index in [9.17, 15) is 24.0 Å². The minimum absolute atomic E-state index is 0.107. The molecule has 2 atom stereocenters. The highest BCUT2D eigenvalue weighted by atomic mass is 16.5. The molecule has 3 aromatic rings.